The Labute approximate surface area is 175 Å². The van der Waals surface area contributed by atoms with Crippen molar-refractivity contribution in [3.8, 4) is 0 Å². The summed E-state index contributed by atoms with van der Waals surface area (Å²) in [5.74, 6) is -0.0346. The van der Waals surface area contributed by atoms with Gasteiger partial charge in [0.1, 0.15) is 0 Å². The van der Waals surface area contributed by atoms with Crippen molar-refractivity contribution < 1.29 is 17.9 Å². The monoisotopic (exact) mass is 420 g/mol. The van der Waals surface area contributed by atoms with Crippen LogP contribution in [0.3, 0.4) is 0 Å². The summed E-state index contributed by atoms with van der Waals surface area (Å²) in [7, 11) is -3.88. The highest BCUT2D eigenvalue weighted by atomic mass is 32.2. The van der Waals surface area contributed by atoms with Gasteiger partial charge in [0.25, 0.3) is 10.0 Å². The molecule has 6 nitrogen and oxygen atoms in total. The summed E-state index contributed by atoms with van der Waals surface area (Å²) in [5.41, 5.74) is 2.93. The zero-order valence-electron chi connectivity index (χ0n) is 16.4. The van der Waals surface area contributed by atoms with Gasteiger partial charge >= 0.3 is 5.97 Å². The second kappa shape index (κ2) is 8.12. The lowest BCUT2D eigenvalue weighted by Gasteiger charge is -2.19. The van der Waals surface area contributed by atoms with Crippen LogP contribution in [0.4, 0.5) is 5.69 Å². The van der Waals surface area contributed by atoms with Crippen molar-refractivity contribution in [3.05, 3.63) is 95.6 Å². The Balaban J connectivity index is 1.75. The van der Waals surface area contributed by atoms with E-state index in [0.717, 1.165) is 16.8 Å². The molecule has 3 aromatic carbocycles. The zero-order chi connectivity index (χ0) is 21.1. The first kappa shape index (κ1) is 19.8. The van der Waals surface area contributed by atoms with E-state index in [1.165, 1.54) is 12.1 Å². The van der Waals surface area contributed by atoms with E-state index in [1.54, 1.807) is 49.4 Å². The Morgan fingerprint density at radius 3 is 2.33 bits per heavy atom. The molecule has 0 amide bonds. The lowest BCUT2D eigenvalue weighted by atomic mass is 10.1. The molecule has 30 heavy (non-hydrogen) atoms. The number of sulfonamides is 1. The van der Waals surface area contributed by atoms with E-state index in [9.17, 15) is 13.2 Å². The van der Waals surface area contributed by atoms with Crippen LogP contribution >= 0.6 is 0 Å². The number of rotatable bonds is 5. The fraction of sp³-hybridized carbons (Fsp3) is 0.130. The minimum absolute atomic E-state index is 0.138. The SMILES string of the molecule is CCOC(=O)c1ccc(N2Cc3ccccc3/C2=N\S(=O)(=O)c2ccccc2)cc1. The molecule has 7 heteroatoms. The molecular formula is C23H20N2O4S. The van der Waals surface area contributed by atoms with Gasteiger partial charge in [0, 0.05) is 11.3 Å². The van der Waals surface area contributed by atoms with Crippen molar-refractivity contribution in [1.82, 2.24) is 0 Å². The maximum Gasteiger partial charge on any atom is 0.338 e. The lowest BCUT2D eigenvalue weighted by Crippen LogP contribution is -2.25. The minimum atomic E-state index is -3.88. The van der Waals surface area contributed by atoms with Crippen LogP contribution in [-0.4, -0.2) is 26.8 Å². The van der Waals surface area contributed by atoms with Gasteiger partial charge in [-0.25, -0.2) is 4.79 Å². The summed E-state index contributed by atoms with van der Waals surface area (Å²) >= 11 is 0. The van der Waals surface area contributed by atoms with E-state index in [4.69, 9.17) is 4.74 Å². The van der Waals surface area contributed by atoms with E-state index in [2.05, 4.69) is 4.40 Å². The average Bonchev–Trinajstić information content (AvgIpc) is 3.12. The molecular weight excluding hydrogens is 400 g/mol. The van der Waals surface area contributed by atoms with E-state index < -0.39 is 16.0 Å². The smallest absolute Gasteiger partial charge is 0.338 e. The lowest BCUT2D eigenvalue weighted by molar-refractivity contribution is 0.0526. The molecule has 0 atom stereocenters. The minimum Gasteiger partial charge on any atom is -0.462 e. The maximum absolute atomic E-state index is 12.9. The largest absolute Gasteiger partial charge is 0.462 e. The number of fused-ring (bicyclic) bond motifs is 1. The van der Waals surface area contributed by atoms with Crippen molar-refractivity contribution in [2.45, 2.75) is 18.4 Å². The van der Waals surface area contributed by atoms with Crippen LogP contribution in [0.5, 0.6) is 0 Å². The number of ether oxygens (including phenoxy) is 1. The predicted molar refractivity (Wildman–Crippen MR) is 115 cm³/mol. The molecule has 0 radical (unpaired) electrons. The fourth-order valence-corrected chi connectivity index (χ4v) is 4.36. The van der Waals surface area contributed by atoms with E-state index in [1.807, 2.05) is 29.2 Å². The van der Waals surface area contributed by atoms with Crippen LogP contribution < -0.4 is 4.90 Å². The van der Waals surface area contributed by atoms with Crippen LogP contribution in [0, 0.1) is 0 Å². The molecule has 0 aliphatic carbocycles. The van der Waals surface area contributed by atoms with E-state index in [0.29, 0.717) is 24.6 Å². The fourth-order valence-electron chi connectivity index (χ4n) is 3.33. The average molecular weight is 420 g/mol. The Kier molecular flexibility index (Phi) is 5.37. The Bertz CT molecular complexity index is 1200. The first-order valence-corrected chi connectivity index (χ1v) is 11.0. The highest BCUT2D eigenvalue weighted by Crippen LogP contribution is 2.30. The Hall–Kier alpha value is -3.45. The Morgan fingerprint density at radius 1 is 0.967 bits per heavy atom. The number of hydrogen-bond donors (Lipinski definition) is 0. The Morgan fingerprint density at radius 2 is 1.63 bits per heavy atom. The third-order valence-electron chi connectivity index (χ3n) is 4.78. The van der Waals surface area contributed by atoms with Gasteiger partial charge in [0.05, 0.1) is 23.6 Å². The summed E-state index contributed by atoms with van der Waals surface area (Å²) in [6.07, 6.45) is 0. The van der Waals surface area contributed by atoms with E-state index in [-0.39, 0.29) is 4.90 Å². The van der Waals surface area contributed by atoms with Crippen molar-refractivity contribution in [2.75, 3.05) is 11.5 Å². The number of carbonyl (C=O) groups is 1. The zero-order valence-corrected chi connectivity index (χ0v) is 17.2. The normalized spacial score (nSPS) is 14.6. The summed E-state index contributed by atoms with van der Waals surface area (Å²) in [6.45, 7) is 2.54. The second-order valence-corrected chi connectivity index (χ2v) is 8.32. The molecule has 0 saturated carbocycles. The molecule has 0 bridgehead atoms. The standard InChI is InChI=1S/C23H20N2O4S/c1-2-29-23(26)17-12-14-19(15-13-17)25-16-18-8-6-7-11-21(18)22(25)24-30(27,28)20-9-4-3-5-10-20/h3-15H,2,16H2,1H3/b24-22+. The summed E-state index contributed by atoms with van der Waals surface area (Å²) in [5, 5.41) is 0. The highest BCUT2D eigenvalue weighted by molar-refractivity contribution is 7.90. The van der Waals surface area contributed by atoms with Gasteiger partial charge in [-0.1, -0.05) is 42.5 Å². The van der Waals surface area contributed by atoms with Crippen molar-refractivity contribution >= 4 is 27.5 Å². The molecule has 0 N–H and O–H groups in total. The topological polar surface area (TPSA) is 76.0 Å². The summed E-state index contributed by atoms with van der Waals surface area (Å²) in [6, 6.07) is 22.6. The molecule has 0 aromatic heterocycles. The molecule has 0 unspecified atom stereocenters. The van der Waals surface area contributed by atoms with E-state index >= 15 is 0 Å². The molecule has 1 heterocycles. The molecule has 152 valence electrons. The number of benzene rings is 3. The third kappa shape index (κ3) is 3.84. The molecule has 4 rings (SSSR count). The first-order chi connectivity index (χ1) is 14.5. The molecule has 0 saturated heterocycles. The molecule has 1 aliphatic heterocycles. The van der Waals surface area contributed by atoms with Gasteiger partial charge in [0.15, 0.2) is 5.84 Å². The number of hydrogen-bond acceptors (Lipinski definition) is 4. The van der Waals surface area contributed by atoms with Gasteiger partial charge in [-0.2, -0.15) is 8.42 Å². The van der Waals surface area contributed by atoms with Crippen LogP contribution in [0.1, 0.15) is 28.4 Å². The number of nitrogens with zero attached hydrogens (tertiary/aromatic N) is 2. The van der Waals surface area contributed by atoms with Gasteiger partial charge in [0.2, 0.25) is 0 Å². The van der Waals surface area contributed by atoms with Gasteiger partial charge < -0.3 is 9.64 Å². The quantitative estimate of drug-likeness (QED) is 0.583. The van der Waals surface area contributed by atoms with Gasteiger partial charge in [-0.3, -0.25) is 0 Å². The number of amidine groups is 1. The second-order valence-electron chi connectivity index (χ2n) is 6.71. The molecule has 0 fully saturated rings. The summed E-state index contributed by atoms with van der Waals surface area (Å²) in [4.78, 5) is 13.9. The number of carbonyl (C=O) groups excluding carboxylic acids is 1. The molecule has 0 spiro atoms. The van der Waals surface area contributed by atoms with Crippen LogP contribution in [0.2, 0.25) is 0 Å². The summed E-state index contributed by atoms with van der Waals surface area (Å²) < 4.78 is 35.0. The van der Waals surface area contributed by atoms with Crippen molar-refractivity contribution in [2.24, 2.45) is 4.40 Å². The van der Waals surface area contributed by atoms with Gasteiger partial charge in [-0.15, -0.1) is 4.40 Å². The van der Waals surface area contributed by atoms with Crippen molar-refractivity contribution in [3.63, 3.8) is 0 Å². The maximum atomic E-state index is 12.9. The first-order valence-electron chi connectivity index (χ1n) is 9.52. The third-order valence-corrected chi connectivity index (χ3v) is 6.06. The van der Waals surface area contributed by atoms with Crippen LogP contribution in [0.15, 0.2) is 88.2 Å². The van der Waals surface area contributed by atoms with Crippen LogP contribution in [-0.2, 0) is 21.3 Å². The van der Waals surface area contributed by atoms with Crippen molar-refractivity contribution in [1.29, 1.82) is 0 Å². The number of anilines is 1. The predicted octanol–water partition coefficient (Wildman–Crippen LogP) is 4.02. The molecule has 1 aliphatic rings. The van der Waals surface area contributed by atoms with Gasteiger partial charge in [-0.05, 0) is 48.9 Å². The van der Waals surface area contributed by atoms with Crippen LogP contribution in [0.25, 0.3) is 0 Å². The highest BCUT2D eigenvalue weighted by Gasteiger charge is 2.29. The molecule has 3 aromatic rings. The number of esters is 1.